The number of anilines is 2. The van der Waals surface area contributed by atoms with Crippen LogP contribution in [0.2, 0.25) is 5.15 Å². The maximum Gasteiger partial charge on any atom is 0.249 e. The summed E-state index contributed by atoms with van der Waals surface area (Å²) in [6.07, 6.45) is 0.625. The Kier molecular flexibility index (Phi) is 3.62. The standard InChI is InChI=1S/C14H13ClN4O2/c1-21-12-7-11(15)17-14(18-12)19-13(20)10-6-8-4-2-3-5-9(8)16-10/h2-5,7,10,16H,6H2,1H3,(H,17,18,19,20)/t10-/m0/s1. The van der Waals surface area contributed by atoms with E-state index in [1.54, 1.807) is 0 Å². The molecule has 0 aliphatic carbocycles. The van der Waals surface area contributed by atoms with Crippen molar-refractivity contribution in [3.63, 3.8) is 0 Å². The molecular weight excluding hydrogens is 292 g/mol. The van der Waals surface area contributed by atoms with E-state index in [1.807, 2.05) is 24.3 Å². The number of para-hydroxylation sites is 1. The molecule has 0 fully saturated rings. The lowest BCUT2D eigenvalue weighted by Gasteiger charge is -2.11. The molecule has 2 heterocycles. The van der Waals surface area contributed by atoms with Crippen LogP contribution in [0.15, 0.2) is 30.3 Å². The highest BCUT2D eigenvalue weighted by Crippen LogP contribution is 2.25. The summed E-state index contributed by atoms with van der Waals surface area (Å²) in [7, 11) is 1.47. The molecule has 0 unspecified atom stereocenters. The van der Waals surface area contributed by atoms with Gasteiger partial charge >= 0.3 is 0 Å². The van der Waals surface area contributed by atoms with Crippen LogP contribution < -0.4 is 15.4 Å². The molecule has 2 aromatic rings. The first-order chi connectivity index (χ1) is 10.2. The fourth-order valence-electron chi connectivity index (χ4n) is 2.21. The van der Waals surface area contributed by atoms with Gasteiger partial charge in [0.25, 0.3) is 0 Å². The summed E-state index contributed by atoms with van der Waals surface area (Å²) in [6, 6.07) is 8.94. The van der Waals surface area contributed by atoms with E-state index in [0.29, 0.717) is 12.3 Å². The zero-order chi connectivity index (χ0) is 14.8. The third-order valence-electron chi connectivity index (χ3n) is 3.20. The van der Waals surface area contributed by atoms with Crippen molar-refractivity contribution in [2.24, 2.45) is 0 Å². The Balaban J connectivity index is 1.72. The molecule has 1 atom stereocenters. The van der Waals surface area contributed by atoms with Crippen LogP contribution in [0, 0.1) is 0 Å². The monoisotopic (exact) mass is 304 g/mol. The van der Waals surface area contributed by atoms with E-state index in [1.165, 1.54) is 13.2 Å². The average molecular weight is 305 g/mol. The van der Waals surface area contributed by atoms with Crippen molar-refractivity contribution in [2.75, 3.05) is 17.7 Å². The number of nitrogens with one attached hydrogen (secondary N) is 2. The first kappa shape index (κ1) is 13.6. The second-order valence-electron chi connectivity index (χ2n) is 4.60. The Hall–Kier alpha value is -2.34. The number of methoxy groups -OCH3 is 1. The molecular formula is C14H13ClN4O2. The molecule has 0 radical (unpaired) electrons. The fourth-order valence-corrected chi connectivity index (χ4v) is 2.38. The van der Waals surface area contributed by atoms with Gasteiger partial charge in [0.2, 0.25) is 17.7 Å². The smallest absolute Gasteiger partial charge is 0.249 e. The van der Waals surface area contributed by atoms with E-state index >= 15 is 0 Å². The van der Waals surface area contributed by atoms with Crippen molar-refractivity contribution in [2.45, 2.75) is 12.5 Å². The molecule has 7 heteroatoms. The van der Waals surface area contributed by atoms with Gasteiger partial charge < -0.3 is 10.1 Å². The quantitative estimate of drug-likeness (QED) is 0.849. The number of rotatable bonds is 3. The maximum atomic E-state index is 12.3. The number of hydrogen-bond donors (Lipinski definition) is 2. The minimum absolute atomic E-state index is 0.127. The summed E-state index contributed by atoms with van der Waals surface area (Å²) in [5.41, 5.74) is 2.09. The number of nitrogens with zero attached hydrogens (tertiary/aromatic N) is 2. The van der Waals surface area contributed by atoms with Crippen molar-refractivity contribution >= 4 is 29.1 Å². The van der Waals surface area contributed by atoms with Crippen molar-refractivity contribution in [3.8, 4) is 5.88 Å². The Morgan fingerprint density at radius 1 is 1.43 bits per heavy atom. The third-order valence-corrected chi connectivity index (χ3v) is 3.40. The van der Waals surface area contributed by atoms with Gasteiger partial charge in [-0.15, -0.1) is 0 Å². The fraction of sp³-hybridized carbons (Fsp3) is 0.214. The van der Waals surface area contributed by atoms with Crippen LogP contribution in [0.4, 0.5) is 11.6 Å². The lowest BCUT2D eigenvalue weighted by atomic mass is 10.1. The van der Waals surface area contributed by atoms with E-state index in [0.717, 1.165) is 11.3 Å². The minimum atomic E-state index is -0.351. The van der Waals surface area contributed by atoms with Crippen LogP contribution in [0.25, 0.3) is 0 Å². The Morgan fingerprint density at radius 2 is 2.24 bits per heavy atom. The first-order valence-corrected chi connectivity index (χ1v) is 6.77. The molecule has 108 valence electrons. The van der Waals surface area contributed by atoms with Crippen LogP contribution in [0.5, 0.6) is 5.88 Å². The van der Waals surface area contributed by atoms with E-state index < -0.39 is 0 Å². The SMILES string of the molecule is COc1cc(Cl)nc(NC(=O)[C@@H]2Cc3ccccc3N2)n1. The summed E-state index contributed by atoms with van der Waals surface area (Å²) in [4.78, 5) is 20.2. The lowest BCUT2D eigenvalue weighted by molar-refractivity contribution is -0.116. The number of carbonyl (C=O) groups is 1. The van der Waals surface area contributed by atoms with Crippen molar-refractivity contribution in [1.29, 1.82) is 0 Å². The Morgan fingerprint density at radius 3 is 3.00 bits per heavy atom. The number of amides is 1. The molecule has 1 aliphatic heterocycles. The average Bonchev–Trinajstić information content (AvgIpc) is 2.90. The number of carbonyl (C=O) groups excluding carboxylic acids is 1. The molecule has 21 heavy (non-hydrogen) atoms. The van der Waals surface area contributed by atoms with E-state index in [-0.39, 0.29) is 23.1 Å². The zero-order valence-corrected chi connectivity index (χ0v) is 12.0. The third kappa shape index (κ3) is 2.90. The van der Waals surface area contributed by atoms with Gasteiger partial charge in [-0.25, -0.2) is 4.98 Å². The minimum Gasteiger partial charge on any atom is -0.481 e. The molecule has 0 spiro atoms. The summed E-state index contributed by atoms with van der Waals surface area (Å²) < 4.78 is 4.99. The summed E-state index contributed by atoms with van der Waals surface area (Å²) in [5.74, 6) is 0.214. The number of halogens is 1. The highest BCUT2D eigenvalue weighted by Gasteiger charge is 2.26. The van der Waals surface area contributed by atoms with Crippen molar-refractivity contribution < 1.29 is 9.53 Å². The second-order valence-corrected chi connectivity index (χ2v) is 4.99. The summed E-state index contributed by atoms with van der Waals surface area (Å²) in [6.45, 7) is 0. The highest BCUT2D eigenvalue weighted by atomic mass is 35.5. The Labute approximate surface area is 126 Å². The van der Waals surface area contributed by atoms with Crippen molar-refractivity contribution in [1.82, 2.24) is 9.97 Å². The highest BCUT2D eigenvalue weighted by molar-refractivity contribution is 6.29. The van der Waals surface area contributed by atoms with Crippen LogP contribution >= 0.6 is 11.6 Å². The number of aromatic nitrogens is 2. The first-order valence-electron chi connectivity index (χ1n) is 6.39. The molecule has 3 rings (SSSR count). The van der Waals surface area contributed by atoms with Gasteiger partial charge in [0.05, 0.1) is 7.11 Å². The molecule has 1 aromatic carbocycles. The predicted molar refractivity (Wildman–Crippen MR) is 79.8 cm³/mol. The molecule has 0 saturated heterocycles. The molecule has 0 saturated carbocycles. The molecule has 1 aromatic heterocycles. The van der Waals surface area contributed by atoms with Crippen LogP contribution in [-0.2, 0) is 11.2 Å². The molecule has 6 nitrogen and oxygen atoms in total. The van der Waals surface area contributed by atoms with E-state index in [9.17, 15) is 4.79 Å². The maximum absolute atomic E-state index is 12.3. The summed E-state index contributed by atoms with van der Waals surface area (Å²) >= 11 is 5.85. The number of ether oxygens (including phenoxy) is 1. The number of fused-ring (bicyclic) bond motifs is 1. The van der Waals surface area contributed by atoms with Gasteiger partial charge in [-0.05, 0) is 11.6 Å². The summed E-state index contributed by atoms with van der Waals surface area (Å²) in [5, 5.41) is 6.02. The zero-order valence-electron chi connectivity index (χ0n) is 11.3. The normalized spacial score (nSPS) is 16.0. The molecule has 1 aliphatic rings. The topological polar surface area (TPSA) is 76.1 Å². The number of hydrogen-bond acceptors (Lipinski definition) is 5. The molecule has 2 N–H and O–H groups in total. The molecule has 0 bridgehead atoms. The largest absolute Gasteiger partial charge is 0.481 e. The van der Waals surface area contributed by atoms with E-state index in [4.69, 9.17) is 16.3 Å². The van der Waals surface area contributed by atoms with Crippen LogP contribution in [-0.4, -0.2) is 29.0 Å². The predicted octanol–water partition coefficient (Wildman–Crippen LogP) is 2.11. The van der Waals surface area contributed by atoms with Gasteiger partial charge in [0.1, 0.15) is 11.2 Å². The lowest BCUT2D eigenvalue weighted by Crippen LogP contribution is -2.33. The number of benzene rings is 1. The van der Waals surface area contributed by atoms with Crippen LogP contribution in [0.3, 0.4) is 0 Å². The van der Waals surface area contributed by atoms with Gasteiger partial charge in [0.15, 0.2) is 0 Å². The van der Waals surface area contributed by atoms with E-state index in [2.05, 4.69) is 20.6 Å². The van der Waals surface area contributed by atoms with Gasteiger partial charge in [-0.3, -0.25) is 10.1 Å². The van der Waals surface area contributed by atoms with Gasteiger partial charge in [-0.2, -0.15) is 4.98 Å². The Bertz CT molecular complexity index is 667. The van der Waals surface area contributed by atoms with Crippen LogP contribution in [0.1, 0.15) is 5.56 Å². The van der Waals surface area contributed by atoms with Crippen molar-refractivity contribution in [3.05, 3.63) is 41.0 Å². The van der Waals surface area contributed by atoms with Gasteiger partial charge in [-0.1, -0.05) is 29.8 Å². The van der Waals surface area contributed by atoms with Gasteiger partial charge in [0, 0.05) is 18.2 Å². The molecule has 1 amide bonds. The second kappa shape index (κ2) is 5.57.